The summed E-state index contributed by atoms with van der Waals surface area (Å²) in [7, 11) is 0. The van der Waals surface area contributed by atoms with Crippen molar-refractivity contribution in [1.29, 1.82) is 0 Å². The van der Waals surface area contributed by atoms with Crippen LogP contribution in [0.1, 0.15) is 56.1 Å². The van der Waals surface area contributed by atoms with Crippen molar-refractivity contribution in [3.63, 3.8) is 0 Å². The number of rotatable bonds is 6. The van der Waals surface area contributed by atoms with Gasteiger partial charge in [0.1, 0.15) is 5.69 Å². The third-order valence-electron chi connectivity index (χ3n) is 5.24. The molecule has 0 aromatic carbocycles. The second-order valence-corrected chi connectivity index (χ2v) is 7.42. The van der Waals surface area contributed by atoms with Crippen LogP contribution in [0.5, 0.6) is 0 Å². The molecular formula is C17H29ClN4O2. The molecule has 1 saturated carbocycles. The number of halogens is 1. The first kappa shape index (κ1) is 19.2. The van der Waals surface area contributed by atoms with Crippen LogP contribution in [0.15, 0.2) is 12.3 Å². The average molecular weight is 357 g/mol. The number of piperidine rings is 1. The van der Waals surface area contributed by atoms with Crippen LogP contribution in [0.2, 0.25) is 0 Å². The van der Waals surface area contributed by atoms with E-state index in [-0.39, 0.29) is 35.8 Å². The molecule has 2 aliphatic rings. The lowest BCUT2D eigenvalue weighted by molar-refractivity contribution is 0.0489. The second kappa shape index (κ2) is 7.85. The van der Waals surface area contributed by atoms with Gasteiger partial charge in [-0.05, 0) is 44.2 Å². The molecule has 1 aromatic heterocycles. The zero-order chi connectivity index (χ0) is 16.4. The molecule has 2 unspecified atom stereocenters. The maximum atomic E-state index is 12.3. The Morgan fingerprint density at radius 1 is 1.54 bits per heavy atom. The molecular weight excluding hydrogens is 328 g/mol. The number of aliphatic hydroxyl groups is 1. The van der Waals surface area contributed by atoms with Gasteiger partial charge in [-0.25, -0.2) is 0 Å². The van der Waals surface area contributed by atoms with Crippen LogP contribution in [0.4, 0.5) is 0 Å². The summed E-state index contributed by atoms with van der Waals surface area (Å²) in [5.74, 6) is 0.0714. The van der Waals surface area contributed by atoms with Crippen LogP contribution in [-0.4, -0.2) is 46.5 Å². The van der Waals surface area contributed by atoms with E-state index in [4.69, 9.17) is 0 Å². The van der Waals surface area contributed by atoms with E-state index < -0.39 is 0 Å². The first-order valence-corrected chi connectivity index (χ1v) is 8.74. The molecule has 1 aliphatic heterocycles. The molecule has 7 heteroatoms. The third-order valence-corrected chi connectivity index (χ3v) is 5.24. The van der Waals surface area contributed by atoms with Crippen molar-refractivity contribution >= 4 is 18.3 Å². The van der Waals surface area contributed by atoms with E-state index in [9.17, 15) is 9.90 Å². The Bertz CT molecular complexity index is 551. The summed E-state index contributed by atoms with van der Waals surface area (Å²) in [6.45, 7) is 6.54. The maximum Gasteiger partial charge on any atom is 0.271 e. The highest BCUT2D eigenvalue weighted by Gasteiger charge is 2.49. The number of carbonyl (C=O) groups is 1. The van der Waals surface area contributed by atoms with Gasteiger partial charge in [-0.2, -0.15) is 5.10 Å². The summed E-state index contributed by atoms with van der Waals surface area (Å²) in [4.78, 5) is 12.3. The zero-order valence-electron chi connectivity index (χ0n) is 14.5. The van der Waals surface area contributed by atoms with Crippen molar-refractivity contribution in [2.75, 3.05) is 19.6 Å². The predicted molar refractivity (Wildman–Crippen MR) is 95.5 cm³/mol. The van der Waals surface area contributed by atoms with Gasteiger partial charge in [0.2, 0.25) is 0 Å². The third kappa shape index (κ3) is 4.10. The van der Waals surface area contributed by atoms with Gasteiger partial charge in [0.25, 0.3) is 5.91 Å². The summed E-state index contributed by atoms with van der Waals surface area (Å²) < 4.78 is 1.90. The van der Waals surface area contributed by atoms with E-state index in [1.165, 1.54) is 0 Å². The number of amides is 1. The lowest BCUT2D eigenvalue weighted by atomic mass is 9.90. The number of nitrogens with zero attached hydrogens (tertiary/aromatic N) is 2. The fraction of sp³-hybridized carbons (Fsp3) is 0.765. The summed E-state index contributed by atoms with van der Waals surface area (Å²) in [6.07, 6.45) is 5.74. The molecule has 1 amide bonds. The molecule has 136 valence electrons. The fourth-order valence-electron chi connectivity index (χ4n) is 3.51. The Morgan fingerprint density at radius 2 is 2.29 bits per heavy atom. The average Bonchev–Trinajstić information content (AvgIpc) is 3.19. The maximum absolute atomic E-state index is 12.3. The summed E-state index contributed by atoms with van der Waals surface area (Å²) in [5.41, 5.74) is 0.338. The highest BCUT2D eigenvalue weighted by molar-refractivity contribution is 5.92. The molecule has 2 atom stereocenters. The van der Waals surface area contributed by atoms with Crippen molar-refractivity contribution in [2.45, 2.75) is 51.7 Å². The number of aliphatic hydroxyl groups excluding tert-OH is 1. The number of aromatic nitrogens is 2. The molecule has 0 bridgehead atoms. The van der Waals surface area contributed by atoms with Crippen LogP contribution in [0.3, 0.4) is 0 Å². The van der Waals surface area contributed by atoms with E-state index in [1.54, 1.807) is 6.07 Å². The normalized spacial score (nSPS) is 23.4. The summed E-state index contributed by atoms with van der Waals surface area (Å²) >= 11 is 0. The van der Waals surface area contributed by atoms with Gasteiger partial charge in [-0.1, -0.05) is 13.8 Å². The lowest BCUT2D eigenvalue weighted by Crippen LogP contribution is -2.39. The van der Waals surface area contributed by atoms with E-state index in [0.29, 0.717) is 18.3 Å². The summed E-state index contributed by atoms with van der Waals surface area (Å²) in [6, 6.07) is 2.12. The van der Waals surface area contributed by atoms with Gasteiger partial charge in [0.05, 0.1) is 12.1 Å². The van der Waals surface area contributed by atoms with Gasteiger partial charge in [-0.3, -0.25) is 9.48 Å². The van der Waals surface area contributed by atoms with Crippen molar-refractivity contribution in [2.24, 2.45) is 11.3 Å². The largest absolute Gasteiger partial charge is 0.392 e. The van der Waals surface area contributed by atoms with Crippen molar-refractivity contribution in [1.82, 2.24) is 20.4 Å². The van der Waals surface area contributed by atoms with Gasteiger partial charge in [0, 0.05) is 24.7 Å². The molecule has 1 saturated heterocycles. The smallest absolute Gasteiger partial charge is 0.271 e. The first-order valence-electron chi connectivity index (χ1n) is 8.74. The van der Waals surface area contributed by atoms with E-state index in [1.807, 2.05) is 24.7 Å². The quantitative estimate of drug-likeness (QED) is 0.725. The van der Waals surface area contributed by atoms with Crippen molar-refractivity contribution < 1.29 is 9.90 Å². The van der Waals surface area contributed by atoms with E-state index in [0.717, 1.165) is 38.8 Å². The molecule has 0 spiro atoms. The molecule has 1 aromatic rings. The minimum absolute atomic E-state index is 0. The molecule has 3 N–H and O–H groups in total. The second-order valence-electron chi connectivity index (χ2n) is 7.42. The Kier molecular flexibility index (Phi) is 6.28. The monoisotopic (exact) mass is 356 g/mol. The SMILES string of the molecule is CC(C)C(O)C1(CNC(=O)c2ccn(C3CCCNC3)n2)CC1.Cl. The van der Waals surface area contributed by atoms with Crippen LogP contribution < -0.4 is 10.6 Å². The standard InChI is InChI=1S/C17H28N4O2.ClH/c1-12(2)15(22)17(6-7-17)11-19-16(23)14-5-9-21(20-14)13-4-3-8-18-10-13;/h5,9,12-13,15,18,22H,3-4,6-8,10-11H2,1-2H3,(H,19,23);1H. The Labute approximate surface area is 149 Å². The fourth-order valence-corrected chi connectivity index (χ4v) is 3.51. The van der Waals surface area contributed by atoms with Gasteiger partial charge in [-0.15, -0.1) is 12.4 Å². The minimum atomic E-state index is -0.353. The molecule has 0 radical (unpaired) electrons. The van der Waals surface area contributed by atoms with Gasteiger partial charge >= 0.3 is 0 Å². The molecule has 1 aliphatic carbocycles. The van der Waals surface area contributed by atoms with Gasteiger partial charge < -0.3 is 15.7 Å². The minimum Gasteiger partial charge on any atom is -0.392 e. The Hall–Kier alpha value is -1.11. The highest BCUT2D eigenvalue weighted by Crippen LogP contribution is 2.50. The van der Waals surface area contributed by atoms with Crippen molar-refractivity contribution in [3.8, 4) is 0 Å². The lowest BCUT2D eigenvalue weighted by Gasteiger charge is -2.25. The van der Waals surface area contributed by atoms with Crippen LogP contribution >= 0.6 is 12.4 Å². The molecule has 2 fully saturated rings. The Morgan fingerprint density at radius 3 is 2.88 bits per heavy atom. The molecule has 6 nitrogen and oxygen atoms in total. The van der Waals surface area contributed by atoms with E-state index >= 15 is 0 Å². The summed E-state index contributed by atoms with van der Waals surface area (Å²) in [5, 5.41) is 21.1. The zero-order valence-corrected chi connectivity index (χ0v) is 15.3. The number of hydrogen-bond acceptors (Lipinski definition) is 4. The molecule has 2 heterocycles. The topological polar surface area (TPSA) is 79.2 Å². The number of hydrogen-bond donors (Lipinski definition) is 3. The number of carbonyl (C=O) groups excluding carboxylic acids is 1. The van der Waals surface area contributed by atoms with Gasteiger partial charge in [0.15, 0.2) is 0 Å². The number of nitrogens with one attached hydrogen (secondary N) is 2. The van der Waals surface area contributed by atoms with Crippen molar-refractivity contribution in [3.05, 3.63) is 18.0 Å². The highest BCUT2D eigenvalue weighted by atomic mass is 35.5. The van der Waals surface area contributed by atoms with E-state index in [2.05, 4.69) is 15.7 Å². The Balaban J connectivity index is 0.00000208. The van der Waals surface area contributed by atoms with Crippen LogP contribution in [0, 0.1) is 11.3 Å². The predicted octanol–water partition coefficient (Wildman–Crippen LogP) is 1.76. The molecule has 3 rings (SSSR count). The van der Waals surface area contributed by atoms with Crippen LogP contribution in [0.25, 0.3) is 0 Å². The molecule has 24 heavy (non-hydrogen) atoms. The van der Waals surface area contributed by atoms with Crippen LogP contribution in [-0.2, 0) is 0 Å². The first-order chi connectivity index (χ1) is 11.0.